The first-order valence-corrected chi connectivity index (χ1v) is 23.1. The van der Waals surface area contributed by atoms with Crippen LogP contribution in [0.2, 0.25) is 0 Å². The summed E-state index contributed by atoms with van der Waals surface area (Å²) in [4.78, 5) is 4.95. The molecular weight excluding hydrogens is 746 g/mol. The number of pyridine rings is 1. The van der Waals surface area contributed by atoms with Crippen molar-refractivity contribution < 1.29 is 9.47 Å². The van der Waals surface area contributed by atoms with Crippen LogP contribution in [0.5, 0.6) is 23.0 Å². The molecule has 2 aliphatic rings. The van der Waals surface area contributed by atoms with Crippen LogP contribution >= 0.6 is 0 Å². The average molecular weight is 794 g/mol. The van der Waals surface area contributed by atoms with Crippen molar-refractivity contribution in [2.45, 2.75) is 52.4 Å². The number of hydrogen-bond acceptors (Lipinski definition) is 3. The van der Waals surface area contributed by atoms with Crippen LogP contribution in [0.15, 0.2) is 182 Å². The number of benzene rings is 7. The maximum atomic E-state index is 7.27. The minimum Gasteiger partial charge on any atom is -0.458 e. The van der Waals surface area contributed by atoms with Crippen LogP contribution in [0.25, 0.3) is 22.4 Å². The predicted molar refractivity (Wildman–Crippen MR) is 254 cm³/mol. The lowest BCUT2D eigenvalue weighted by atomic mass is 9.34. The SMILES string of the molecule is CC(C)(C)c1ccc2c(c1)B1c3cc(C(C)(C)C)ccc3Oc3c(-c4ccccn4)cc(-c4cccc([Si](c5ccccc5)(c5ccccc5)c5ccccc5)c4)c(c31)O2. The van der Waals surface area contributed by atoms with E-state index in [1.54, 1.807) is 0 Å². The highest BCUT2D eigenvalue weighted by atomic mass is 28.3. The van der Waals surface area contributed by atoms with Gasteiger partial charge in [-0.25, -0.2) is 0 Å². The summed E-state index contributed by atoms with van der Waals surface area (Å²) in [6.07, 6.45) is 1.87. The molecule has 292 valence electrons. The largest absolute Gasteiger partial charge is 0.458 e. The van der Waals surface area contributed by atoms with Gasteiger partial charge in [-0.2, -0.15) is 0 Å². The van der Waals surface area contributed by atoms with E-state index < -0.39 is 8.07 Å². The molecule has 60 heavy (non-hydrogen) atoms. The summed E-state index contributed by atoms with van der Waals surface area (Å²) in [5.41, 5.74) is 9.73. The van der Waals surface area contributed by atoms with E-state index >= 15 is 0 Å². The maximum absolute atomic E-state index is 7.27. The Morgan fingerprint density at radius 2 is 0.933 bits per heavy atom. The summed E-state index contributed by atoms with van der Waals surface area (Å²) < 4.78 is 14.4. The van der Waals surface area contributed by atoms with Crippen LogP contribution in [-0.4, -0.2) is 19.8 Å². The van der Waals surface area contributed by atoms with E-state index in [0.717, 1.165) is 61.8 Å². The molecule has 0 atom stereocenters. The van der Waals surface area contributed by atoms with Gasteiger partial charge in [0.25, 0.3) is 6.71 Å². The van der Waals surface area contributed by atoms with E-state index in [2.05, 4.69) is 211 Å². The summed E-state index contributed by atoms with van der Waals surface area (Å²) in [5, 5.41) is 5.30. The molecule has 8 aromatic rings. The Labute approximate surface area is 355 Å². The zero-order valence-electron chi connectivity index (χ0n) is 35.2. The van der Waals surface area contributed by atoms with Crippen molar-refractivity contribution in [3.05, 3.63) is 193 Å². The highest BCUT2D eigenvalue weighted by molar-refractivity contribution is 7.20. The van der Waals surface area contributed by atoms with Crippen LogP contribution in [-0.2, 0) is 10.8 Å². The molecule has 0 saturated heterocycles. The zero-order chi connectivity index (χ0) is 41.2. The summed E-state index contributed by atoms with van der Waals surface area (Å²) in [7, 11) is -2.83. The Morgan fingerprint density at radius 3 is 1.42 bits per heavy atom. The number of fused-ring (bicyclic) bond motifs is 4. The van der Waals surface area contributed by atoms with Gasteiger partial charge in [0.05, 0.1) is 5.69 Å². The van der Waals surface area contributed by atoms with Gasteiger partial charge in [0.2, 0.25) is 0 Å². The molecular formula is C55H48BNO2Si. The Balaban J connectivity index is 1.28. The van der Waals surface area contributed by atoms with E-state index in [1.165, 1.54) is 31.9 Å². The third-order valence-corrected chi connectivity index (χ3v) is 17.3. The highest BCUT2D eigenvalue weighted by Gasteiger charge is 2.45. The number of nitrogens with zero attached hydrogens (tertiary/aromatic N) is 1. The van der Waals surface area contributed by atoms with Gasteiger partial charge in [-0.1, -0.05) is 187 Å². The van der Waals surface area contributed by atoms with Crippen molar-refractivity contribution in [2.75, 3.05) is 0 Å². The first-order chi connectivity index (χ1) is 29.0. The lowest BCUT2D eigenvalue weighted by Gasteiger charge is -2.37. The van der Waals surface area contributed by atoms with Crippen molar-refractivity contribution in [3.63, 3.8) is 0 Å². The van der Waals surface area contributed by atoms with Gasteiger partial charge in [-0.05, 0) is 89.5 Å². The van der Waals surface area contributed by atoms with Gasteiger partial charge in [0, 0.05) is 22.8 Å². The van der Waals surface area contributed by atoms with Crippen LogP contribution in [0.1, 0.15) is 52.7 Å². The molecule has 2 aliphatic heterocycles. The Morgan fingerprint density at radius 1 is 0.450 bits per heavy atom. The summed E-state index contributed by atoms with van der Waals surface area (Å²) in [6.45, 7) is 13.6. The number of aromatic nitrogens is 1. The Hall–Kier alpha value is -6.43. The molecule has 3 nitrogen and oxygen atoms in total. The lowest BCUT2D eigenvalue weighted by molar-refractivity contribution is 0.465. The minimum absolute atomic E-state index is 0.0482. The molecule has 0 aliphatic carbocycles. The third-order valence-electron chi connectivity index (χ3n) is 12.5. The van der Waals surface area contributed by atoms with Crippen molar-refractivity contribution in [3.8, 4) is 45.4 Å². The average Bonchev–Trinajstić information content (AvgIpc) is 3.27. The fourth-order valence-corrected chi connectivity index (χ4v) is 14.2. The van der Waals surface area contributed by atoms with E-state index in [0.29, 0.717) is 0 Å². The Bertz CT molecular complexity index is 2760. The first-order valence-electron chi connectivity index (χ1n) is 21.1. The van der Waals surface area contributed by atoms with E-state index in [1.807, 2.05) is 12.3 Å². The molecule has 0 radical (unpaired) electrons. The maximum Gasteiger partial charge on any atom is 0.260 e. The van der Waals surface area contributed by atoms with Crippen molar-refractivity contribution in [1.82, 2.24) is 4.98 Å². The number of ether oxygens (including phenoxy) is 2. The summed E-state index contributed by atoms with van der Waals surface area (Å²) in [6, 6.07) is 64.5. The van der Waals surface area contributed by atoms with Gasteiger partial charge < -0.3 is 9.47 Å². The molecule has 0 saturated carbocycles. The molecule has 10 rings (SSSR count). The smallest absolute Gasteiger partial charge is 0.260 e. The van der Waals surface area contributed by atoms with Crippen LogP contribution in [0, 0.1) is 0 Å². The minimum atomic E-state index is -2.83. The molecule has 0 N–H and O–H groups in total. The highest BCUT2D eigenvalue weighted by Crippen LogP contribution is 2.46. The van der Waals surface area contributed by atoms with Crippen molar-refractivity contribution in [1.29, 1.82) is 0 Å². The van der Waals surface area contributed by atoms with E-state index in [4.69, 9.17) is 14.5 Å². The quantitative estimate of drug-likeness (QED) is 0.124. The van der Waals surface area contributed by atoms with E-state index in [9.17, 15) is 0 Å². The van der Waals surface area contributed by atoms with Crippen molar-refractivity contribution in [2.24, 2.45) is 0 Å². The molecule has 0 unspecified atom stereocenters. The monoisotopic (exact) mass is 793 g/mol. The molecule has 0 fully saturated rings. The second-order valence-corrected chi connectivity index (χ2v) is 22.1. The molecule has 5 heteroatoms. The fourth-order valence-electron chi connectivity index (χ4n) is 9.43. The zero-order valence-corrected chi connectivity index (χ0v) is 36.2. The molecule has 1 aromatic heterocycles. The van der Waals surface area contributed by atoms with Crippen LogP contribution in [0.3, 0.4) is 0 Å². The molecule has 0 bridgehead atoms. The van der Waals surface area contributed by atoms with Gasteiger partial charge in [0.1, 0.15) is 23.0 Å². The normalized spacial score (nSPS) is 13.1. The van der Waals surface area contributed by atoms with Gasteiger partial charge in [0.15, 0.2) is 8.07 Å². The van der Waals surface area contributed by atoms with Gasteiger partial charge in [-0.3, -0.25) is 4.98 Å². The van der Waals surface area contributed by atoms with E-state index in [-0.39, 0.29) is 17.5 Å². The second kappa shape index (κ2) is 14.4. The topological polar surface area (TPSA) is 31.4 Å². The first kappa shape index (κ1) is 37.8. The molecule has 0 amide bonds. The number of hydrogen-bond donors (Lipinski definition) is 0. The Kier molecular flexibility index (Phi) is 9.07. The second-order valence-electron chi connectivity index (χ2n) is 18.3. The van der Waals surface area contributed by atoms with Gasteiger partial charge in [-0.15, -0.1) is 0 Å². The molecule has 3 heterocycles. The van der Waals surface area contributed by atoms with Crippen LogP contribution < -0.4 is 46.6 Å². The summed E-state index contributed by atoms with van der Waals surface area (Å²) in [5.74, 6) is 3.39. The third kappa shape index (κ3) is 6.22. The van der Waals surface area contributed by atoms with Crippen molar-refractivity contribution >= 4 is 51.9 Å². The van der Waals surface area contributed by atoms with Gasteiger partial charge >= 0.3 is 0 Å². The fraction of sp³-hybridized carbons (Fsp3) is 0.145. The predicted octanol–water partition coefficient (Wildman–Crippen LogP) is 9.12. The molecule has 0 spiro atoms. The van der Waals surface area contributed by atoms with Crippen LogP contribution in [0.4, 0.5) is 0 Å². The molecule has 7 aromatic carbocycles. The lowest BCUT2D eigenvalue weighted by Crippen LogP contribution is -2.74. The summed E-state index contributed by atoms with van der Waals surface area (Å²) >= 11 is 0. The number of rotatable bonds is 6. The standard InChI is InChI=1S/C55H48BNO2Si/c1-54(2,3)38-28-30-49-46(34-38)56-47-35-39(55(4,5)6)29-31-50(47)59-53-45(48-27-16-17-32-57-48)36-44(52(58-49)51(53)56)37-19-18-26-43(33-37)60(40-20-10-7-11-21-40,41-22-12-8-13-23-41)42-24-14-9-15-25-42/h7-36H,1-6H3.